The van der Waals surface area contributed by atoms with Crippen molar-refractivity contribution in [2.75, 3.05) is 5.32 Å². The van der Waals surface area contributed by atoms with Gasteiger partial charge in [0.2, 0.25) is 0 Å². The predicted octanol–water partition coefficient (Wildman–Crippen LogP) is 3.22. The minimum Gasteiger partial charge on any atom is -0.363 e. The third-order valence-electron chi connectivity index (χ3n) is 2.29. The van der Waals surface area contributed by atoms with Gasteiger partial charge in [-0.2, -0.15) is 0 Å². The summed E-state index contributed by atoms with van der Waals surface area (Å²) < 4.78 is 0. The third kappa shape index (κ3) is 2.79. The first-order valence-corrected chi connectivity index (χ1v) is 5.95. The maximum Gasteiger partial charge on any atom is 0.287 e. The molecule has 0 saturated heterocycles. The van der Waals surface area contributed by atoms with Crippen LogP contribution in [0.5, 0.6) is 0 Å². The van der Waals surface area contributed by atoms with Gasteiger partial charge in [-0.25, -0.2) is 4.98 Å². The number of nitro groups is 1. The lowest BCUT2D eigenvalue weighted by atomic mass is 10.2. The van der Waals surface area contributed by atoms with Crippen LogP contribution in [0.2, 0.25) is 0 Å². The molecule has 0 bridgehead atoms. The van der Waals surface area contributed by atoms with E-state index in [-0.39, 0.29) is 11.7 Å². The van der Waals surface area contributed by atoms with Crippen LogP contribution >= 0.6 is 11.3 Å². The third-order valence-corrected chi connectivity index (χ3v) is 3.35. The van der Waals surface area contributed by atoms with Crippen molar-refractivity contribution in [3.63, 3.8) is 0 Å². The summed E-state index contributed by atoms with van der Waals surface area (Å²) in [6, 6.07) is 7.22. The van der Waals surface area contributed by atoms with E-state index in [2.05, 4.69) is 10.3 Å². The zero-order valence-electron chi connectivity index (χ0n) is 9.16. The Kier molecular flexibility index (Phi) is 3.34. The molecule has 0 aliphatic carbocycles. The van der Waals surface area contributed by atoms with Crippen molar-refractivity contribution in [3.05, 3.63) is 50.8 Å². The molecule has 88 valence electrons. The summed E-state index contributed by atoms with van der Waals surface area (Å²) in [5.74, 6) is 0.636. The average Bonchev–Trinajstić information content (AvgIpc) is 2.83. The maximum atomic E-state index is 10.5. The van der Waals surface area contributed by atoms with Gasteiger partial charge in [0.1, 0.15) is 12.0 Å². The fourth-order valence-electron chi connectivity index (χ4n) is 1.41. The zero-order chi connectivity index (χ0) is 12.3. The first kappa shape index (κ1) is 11.5. The highest BCUT2D eigenvalue weighted by Gasteiger charge is 2.09. The molecule has 2 aromatic heterocycles. The number of aromatic nitrogens is 1. The van der Waals surface area contributed by atoms with E-state index in [1.54, 1.807) is 17.4 Å². The molecule has 1 N–H and O–H groups in total. The molecule has 0 radical (unpaired) electrons. The SMILES string of the molecule is CC(Nc1ccc([N+](=O)[O-])cn1)c1cccs1. The summed E-state index contributed by atoms with van der Waals surface area (Å²) in [7, 11) is 0. The van der Waals surface area contributed by atoms with E-state index in [0.717, 1.165) is 0 Å². The van der Waals surface area contributed by atoms with Crippen molar-refractivity contribution in [3.8, 4) is 0 Å². The molecular formula is C11H11N3O2S. The van der Waals surface area contributed by atoms with Crippen molar-refractivity contribution < 1.29 is 4.92 Å². The van der Waals surface area contributed by atoms with Crippen LogP contribution < -0.4 is 5.32 Å². The number of thiophene rings is 1. The van der Waals surface area contributed by atoms with Gasteiger partial charge in [-0.1, -0.05) is 6.07 Å². The first-order chi connectivity index (χ1) is 8.16. The summed E-state index contributed by atoms with van der Waals surface area (Å²) in [6.07, 6.45) is 1.25. The summed E-state index contributed by atoms with van der Waals surface area (Å²) in [4.78, 5) is 15.2. The van der Waals surface area contributed by atoms with Gasteiger partial charge >= 0.3 is 0 Å². The molecule has 0 aliphatic rings. The Morgan fingerprint density at radius 2 is 2.29 bits per heavy atom. The van der Waals surface area contributed by atoms with Gasteiger partial charge < -0.3 is 5.32 Å². The smallest absolute Gasteiger partial charge is 0.287 e. The molecule has 1 unspecified atom stereocenters. The van der Waals surface area contributed by atoms with Crippen LogP contribution in [0.25, 0.3) is 0 Å². The number of nitrogens with one attached hydrogen (secondary N) is 1. The Labute approximate surface area is 102 Å². The van der Waals surface area contributed by atoms with Crippen molar-refractivity contribution in [2.45, 2.75) is 13.0 Å². The highest BCUT2D eigenvalue weighted by molar-refractivity contribution is 7.10. The topological polar surface area (TPSA) is 68.1 Å². The second-order valence-corrected chi connectivity index (χ2v) is 4.52. The summed E-state index contributed by atoms with van der Waals surface area (Å²) in [5, 5.41) is 15.7. The van der Waals surface area contributed by atoms with E-state index in [4.69, 9.17) is 0 Å². The number of anilines is 1. The molecule has 6 heteroatoms. The van der Waals surface area contributed by atoms with E-state index in [0.29, 0.717) is 5.82 Å². The Morgan fingerprint density at radius 1 is 1.47 bits per heavy atom. The average molecular weight is 249 g/mol. The second-order valence-electron chi connectivity index (χ2n) is 3.54. The van der Waals surface area contributed by atoms with Gasteiger partial charge in [0.15, 0.2) is 0 Å². The normalized spacial score (nSPS) is 12.1. The molecule has 5 nitrogen and oxygen atoms in total. The van der Waals surface area contributed by atoms with E-state index < -0.39 is 4.92 Å². The number of hydrogen-bond donors (Lipinski definition) is 1. The maximum absolute atomic E-state index is 10.5. The number of rotatable bonds is 4. The minimum atomic E-state index is -0.459. The van der Waals surface area contributed by atoms with E-state index in [1.165, 1.54) is 17.1 Å². The fourth-order valence-corrected chi connectivity index (χ4v) is 2.14. The van der Waals surface area contributed by atoms with Gasteiger partial charge in [-0.3, -0.25) is 10.1 Å². The van der Waals surface area contributed by atoms with Crippen LogP contribution in [0.1, 0.15) is 17.8 Å². The Balaban J connectivity index is 2.06. The zero-order valence-corrected chi connectivity index (χ0v) is 9.98. The van der Waals surface area contributed by atoms with E-state index in [9.17, 15) is 10.1 Å². The number of pyridine rings is 1. The quantitative estimate of drug-likeness (QED) is 0.667. The first-order valence-electron chi connectivity index (χ1n) is 5.07. The Morgan fingerprint density at radius 3 is 2.82 bits per heavy atom. The monoisotopic (exact) mass is 249 g/mol. The molecular weight excluding hydrogens is 238 g/mol. The van der Waals surface area contributed by atoms with Crippen LogP contribution in [-0.2, 0) is 0 Å². The lowest BCUT2D eigenvalue weighted by Gasteiger charge is -2.12. The van der Waals surface area contributed by atoms with Crippen molar-refractivity contribution in [1.29, 1.82) is 0 Å². The lowest BCUT2D eigenvalue weighted by Crippen LogP contribution is -2.06. The van der Waals surface area contributed by atoms with Gasteiger partial charge in [-0.15, -0.1) is 11.3 Å². The molecule has 2 rings (SSSR count). The summed E-state index contributed by atoms with van der Waals surface area (Å²) in [6.45, 7) is 2.02. The van der Waals surface area contributed by atoms with Gasteiger partial charge in [0.25, 0.3) is 5.69 Å². The molecule has 2 heterocycles. The van der Waals surface area contributed by atoms with Gasteiger partial charge in [0, 0.05) is 10.9 Å². The molecule has 0 amide bonds. The molecule has 1 atom stereocenters. The summed E-state index contributed by atoms with van der Waals surface area (Å²) in [5.41, 5.74) is -0.000623. The molecule has 0 spiro atoms. The van der Waals surface area contributed by atoms with E-state index >= 15 is 0 Å². The second kappa shape index (κ2) is 4.92. The van der Waals surface area contributed by atoms with Crippen molar-refractivity contribution in [2.24, 2.45) is 0 Å². The fraction of sp³-hybridized carbons (Fsp3) is 0.182. The highest BCUT2D eigenvalue weighted by Crippen LogP contribution is 2.22. The van der Waals surface area contributed by atoms with E-state index in [1.807, 2.05) is 24.4 Å². The molecule has 17 heavy (non-hydrogen) atoms. The largest absolute Gasteiger partial charge is 0.363 e. The Bertz CT molecular complexity index is 496. The standard InChI is InChI=1S/C11H11N3O2S/c1-8(10-3-2-6-17-10)13-11-5-4-9(7-12-11)14(15)16/h2-8H,1H3,(H,12,13). The lowest BCUT2D eigenvalue weighted by molar-refractivity contribution is -0.385. The molecule has 0 fully saturated rings. The Hall–Kier alpha value is -1.95. The van der Waals surface area contributed by atoms with Crippen LogP contribution in [0.4, 0.5) is 11.5 Å². The van der Waals surface area contributed by atoms with Crippen molar-refractivity contribution in [1.82, 2.24) is 4.98 Å². The van der Waals surface area contributed by atoms with Crippen LogP contribution in [0, 0.1) is 10.1 Å². The molecule has 0 aromatic carbocycles. The molecule has 0 saturated carbocycles. The van der Waals surface area contributed by atoms with Crippen molar-refractivity contribution >= 4 is 22.8 Å². The van der Waals surface area contributed by atoms with Crippen LogP contribution in [0.3, 0.4) is 0 Å². The predicted molar refractivity (Wildman–Crippen MR) is 67.2 cm³/mol. The summed E-state index contributed by atoms with van der Waals surface area (Å²) >= 11 is 1.66. The minimum absolute atomic E-state index is 0.000623. The number of hydrogen-bond acceptors (Lipinski definition) is 5. The van der Waals surface area contributed by atoms with Crippen LogP contribution in [-0.4, -0.2) is 9.91 Å². The van der Waals surface area contributed by atoms with Gasteiger partial charge in [0.05, 0.1) is 11.0 Å². The molecule has 0 aliphatic heterocycles. The highest BCUT2D eigenvalue weighted by atomic mass is 32.1. The van der Waals surface area contributed by atoms with Crippen LogP contribution in [0.15, 0.2) is 35.8 Å². The molecule has 2 aromatic rings. The van der Waals surface area contributed by atoms with Gasteiger partial charge in [-0.05, 0) is 24.4 Å². The number of nitrogens with zero attached hydrogens (tertiary/aromatic N) is 2.